The van der Waals surface area contributed by atoms with Gasteiger partial charge >= 0.3 is 0 Å². The maximum Gasteiger partial charge on any atom is 0.0252 e. The van der Waals surface area contributed by atoms with Crippen molar-refractivity contribution < 1.29 is 0 Å². The molecule has 0 heterocycles. The van der Waals surface area contributed by atoms with Crippen LogP contribution in [-0.2, 0) is 0 Å². The quantitative estimate of drug-likeness (QED) is 0.527. The van der Waals surface area contributed by atoms with E-state index in [1.165, 1.54) is 19.3 Å². The summed E-state index contributed by atoms with van der Waals surface area (Å²) >= 11 is 0. The Hall–Kier alpha value is 0.130. The fourth-order valence-electron chi connectivity index (χ4n) is 2.04. The van der Waals surface area contributed by atoms with Gasteiger partial charge < -0.3 is 5.73 Å². The van der Waals surface area contributed by atoms with Gasteiger partial charge in [-0.15, -0.1) is 15.8 Å². The third-order valence-electron chi connectivity index (χ3n) is 3.17. The van der Waals surface area contributed by atoms with E-state index in [1.54, 1.807) is 0 Å². The standard InChI is InChI=1S/C10H20NP/c1-3-9(11)7-5-6-8(7)10(12)4-2/h3,7-10H,1,4-6,11-12H2,2H3. The van der Waals surface area contributed by atoms with Crippen molar-refractivity contribution in [3.8, 4) is 0 Å². The van der Waals surface area contributed by atoms with E-state index in [0.717, 1.165) is 11.6 Å². The van der Waals surface area contributed by atoms with Gasteiger partial charge in [-0.2, -0.15) is 0 Å². The molecule has 1 saturated carbocycles. The fraction of sp³-hybridized carbons (Fsp3) is 0.800. The van der Waals surface area contributed by atoms with Gasteiger partial charge in [0.05, 0.1) is 0 Å². The molecule has 5 unspecified atom stereocenters. The molecule has 1 aliphatic carbocycles. The molecule has 1 aliphatic rings. The molecule has 0 aliphatic heterocycles. The molecule has 2 heteroatoms. The number of nitrogens with two attached hydrogens (primary N) is 1. The van der Waals surface area contributed by atoms with Crippen LogP contribution in [0.2, 0.25) is 0 Å². The molecule has 0 bridgehead atoms. The molecule has 0 aromatic carbocycles. The highest BCUT2D eigenvalue weighted by Crippen LogP contribution is 2.42. The van der Waals surface area contributed by atoms with E-state index >= 15 is 0 Å². The zero-order valence-electron chi connectivity index (χ0n) is 7.87. The molecule has 0 saturated heterocycles. The van der Waals surface area contributed by atoms with Crippen LogP contribution in [0, 0.1) is 11.8 Å². The van der Waals surface area contributed by atoms with Gasteiger partial charge in [0, 0.05) is 6.04 Å². The maximum atomic E-state index is 5.93. The lowest BCUT2D eigenvalue weighted by Crippen LogP contribution is -2.43. The molecule has 0 spiro atoms. The molecule has 12 heavy (non-hydrogen) atoms. The Morgan fingerprint density at radius 1 is 1.58 bits per heavy atom. The highest BCUT2D eigenvalue weighted by atomic mass is 31.0. The van der Waals surface area contributed by atoms with Crippen molar-refractivity contribution in [2.24, 2.45) is 17.6 Å². The first-order valence-corrected chi connectivity index (χ1v) is 5.51. The smallest absolute Gasteiger partial charge is 0.0252 e. The summed E-state index contributed by atoms with van der Waals surface area (Å²) in [7, 11) is 2.95. The molecule has 0 radical (unpaired) electrons. The number of hydrogen-bond donors (Lipinski definition) is 1. The van der Waals surface area contributed by atoms with Crippen molar-refractivity contribution in [1.29, 1.82) is 0 Å². The molecular formula is C10H20NP. The molecule has 1 fully saturated rings. The summed E-state index contributed by atoms with van der Waals surface area (Å²) in [5, 5.41) is 0. The monoisotopic (exact) mass is 185 g/mol. The molecule has 1 nitrogen and oxygen atoms in total. The van der Waals surface area contributed by atoms with E-state index in [1.807, 2.05) is 6.08 Å². The minimum atomic E-state index is 0.221. The maximum absolute atomic E-state index is 5.93. The fourth-order valence-corrected chi connectivity index (χ4v) is 2.52. The van der Waals surface area contributed by atoms with Crippen LogP contribution >= 0.6 is 9.24 Å². The van der Waals surface area contributed by atoms with E-state index in [4.69, 9.17) is 5.73 Å². The van der Waals surface area contributed by atoms with Crippen LogP contribution in [0.4, 0.5) is 0 Å². The summed E-state index contributed by atoms with van der Waals surface area (Å²) in [5.41, 5.74) is 6.69. The Kier molecular flexibility index (Phi) is 3.74. The van der Waals surface area contributed by atoms with E-state index < -0.39 is 0 Å². The zero-order valence-corrected chi connectivity index (χ0v) is 9.02. The lowest BCUT2D eigenvalue weighted by Gasteiger charge is -2.42. The largest absolute Gasteiger partial charge is 0.324 e. The SMILES string of the molecule is C=CC(N)C1CCC1C(P)CC. The molecular weight excluding hydrogens is 165 g/mol. The Bertz CT molecular complexity index is 158. The van der Waals surface area contributed by atoms with Crippen LogP contribution in [0.3, 0.4) is 0 Å². The summed E-state index contributed by atoms with van der Waals surface area (Å²) in [6.07, 6.45) is 5.79. The summed E-state index contributed by atoms with van der Waals surface area (Å²) in [4.78, 5) is 0. The molecule has 5 atom stereocenters. The van der Waals surface area contributed by atoms with Crippen LogP contribution in [0.25, 0.3) is 0 Å². The minimum Gasteiger partial charge on any atom is -0.324 e. The van der Waals surface area contributed by atoms with Gasteiger partial charge in [-0.1, -0.05) is 13.0 Å². The van der Waals surface area contributed by atoms with Crippen molar-refractivity contribution in [2.75, 3.05) is 0 Å². The number of rotatable bonds is 4. The first-order valence-electron chi connectivity index (χ1n) is 4.84. The van der Waals surface area contributed by atoms with Crippen LogP contribution in [0.15, 0.2) is 12.7 Å². The van der Waals surface area contributed by atoms with Crippen molar-refractivity contribution >= 4 is 9.24 Å². The van der Waals surface area contributed by atoms with E-state index in [0.29, 0.717) is 5.92 Å². The predicted molar refractivity (Wildman–Crippen MR) is 58.2 cm³/mol. The van der Waals surface area contributed by atoms with E-state index in [-0.39, 0.29) is 6.04 Å². The molecule has 0 amide bonds. The van der Waals surface area contributed by atoms with E-state index in [9.17, 15) is 0 Å². The summed E-state index contributed by atoms with van der Waals surface area (Å²) in [6, 6.07) is 0.221. The normalized spacial score (nSPS) is 33.6. The summed E-state index contributed by atoms with van der Waals surface area (Å²) in [6.45, 7) is 5.99. The Morgan fingerprint density at radius 3 is 2.50 bits per heavy atom. The van der Waals surface area contributed by atoms with Crippen LogP contribution in [0.1, 0.15) is 26.2 Å². The summed E-state index contributed by atoms with van der Waals surface area (Å²) < 4.78 is 0. The van der Waals surface area contributed by atoms with Crippen LogP contribution < -0.4 is 5.73 Å². The second-order valence-corrected chi connectivity index (χ2v) is 4.65. The van der Waals surface area contributed by atoms with Gasteiger partial charge in [-0.25, -0.2) is 0 Å². The molecule has 0 aromatic heterocycles. The second kappa shape index (κ2) is 4.39. The van der Waals surface area contributed by atoms with Crippen molar-refractivity contribution in [1.82, 2.24) is 0 Å². The lowest BCUT2D eigenvalue weighted by molar-refractivity contribution is 0.154. The van der Waals surface area contributed by atoms with Gasteiger partial charge in [0.1, 0.15) is 0 Å². The van der Waals surface area contributed by atoms with Crippen LogP contribution in [0.5, 0.6) is 0 Å². The Morgan fingerprint density at radius 2 is 2.17 bits per heavy atom. The Balaban J connectivity index is 2.42. The Labute approximate surface area is 78.0 Å². The highest BCUT2D eigenvalue weighted by Gasteiger charge is 2.36. The molecule has 0 aromatic rings. The van der Waals surface area contributed by atoms with Crippen molar-refractivity contribution in [2.45, 2.75) is 37.9 Å². The summed E-state index contributed by atoms with van der Waals surface area (Å²) in [5.74, 6) is 1.53. The number of hydrogen-bond acceptors (Lipinski definition) is 1. The minimum absolute atomic E-state index is 0.221. The van der Waals surface area contributed by atoms with Gasteiger partial charge in [0.2, 0.25) is 0 Å². The molecule has 70 valence electrons. The highest BCUT2D eigenvalue weighted by molar-refractivity contribution is 7.17. The topological polar surface area (TPSA) is 26.0 Å². The average Bonchev–Trinajstić information content (AvgIpc) is 2.02. The zero-order chi connectivity index (χ0) is 9.14. The molecule has 2 N–H and O–H groups in total. The van der Waals surface area contributed by atoms with E-state index in [2.05, 4.69) is 22.7 Å². The van der Waals surface area contributed by atoms with Crippen molar-refractivity contribution in [3.05, 3.63) is 12.7 Å². The first-order chi connectivity index (χ1) is 5.70. The van der Waals surface area contributed by atoms with Gasteiger partial charge in [-0.3, -0.25) is 0 Å². The van der Waals surface area contributed by atoms with Gasteiger partial charge in [0.15, 0.2) is 0 Å². The second-order valence-electron chi connectivity index (χ2n) is 3.79. The third-order valence-corrected chi connectivity index (χ3v) is 4.14. The first kappa shape index (κ1) is 10.2. The predicted octanol–water partition coefficient (Wildman–Crippen LogP) is 2.18. The average molecular weight is 185 g/mol. The van der Waals surface area contributed by atoms with Gasteiger partial charge in [-0.05, 0) is 36.8 Å². The van der Waals surface area contributed by atoms with Gasteiger partial charge in [0.25, 0.3) is 0 Å². The molecule has 1 rings (SSSR count). The van der Waals surface area contributed by atoms with Crippen LogP contribution in [-0.4, -0.2) is 11.7 Å². The van der Waals surface area contributed by atoms with Crippen molar-refractivity contribution in [3.63, 3.8) is 0 Å². The lowest BCUT2D eigenvalue weighted by atomic mass is 9.68. The third kappa shape index (κ3) is 1.89.